The van der Waals surface area contributed by atoms with E-state index in [1.165, 1.54) is 0 Å². The van der Waals surface area contributed by atoms with Crippen molar-refractivity contribution in [2.75, 3.05) is 0 Å². The molecule has 0 radical (unpaired) electrons. The number of alkyl halides is 2. The topological polar surface area (TPSA) is 0 Å². The molecule has 1 aliphatic carbocycles. The highest BCUT2D eigenvalue weighted by molar-refractivity contribution is 5.92. The van der Waals surface area contributed by atoms with Crippen molar-refractivity contribution in [2.45, 2.75) is 32.6 Å². The van der Waals surface area contributed by atoms with Gasteiger partial charge in [0, 0.05) is 5.56 Å². The number of hydrogen-bond donors (Lipinski definition) is 0. The second kappa shape index (κ2) is 3.31. The summed E-state index contributed by atoms with van der Waals surface area (Å²) >= 11 is 0. The molecular weight excluding hydrogens is 230 g/mol. The summed E-state index contributed by atoms with van der Waals surface area (Å²) in [6.45, 7) is 5.66. The molecule has 0 saturated heterocycles. The van der Waals surface area contributed by atoms with Gasteiger partial charge in [-0.15, -0.1) is 0 Å². The predicted molar refractivity (Wildman–Crippen MR) is 70.0 cm³/mol. The summed E-state index contributed by atoms with van der Waals surface area (Å²) in [4.78, 5) is 0. The lowest BCUT2D eigenvalue weighted by atomic mass is 9.75. The Bertz CT molecular complexity index is 615. The highest BCUT2D eigenvalue weighted by atomic mass is 19.3. The first-order chi connectivity index (χ1) is 8.33. The fourth-order valence-corrected chi connectivity index (χ4v) is 3.25. The van der Waals surface area contributed by atoms with E-state index in [4.69, 9.17) is 0 Å². The standard InChI is InChI=1S/C16H16F2/c1-15(2,3)14-11-8-4-6-10-7-5-9-12(13(10)11)16(14,17)18/h4-9,14H,1-3H3. The molecule has 2 aromatic rings. The molecule has 1 unspecified atom stereocenters. The zero-order valence-corrected chi connectivity index (χ0v) is 10.8. The third-order valence-electron chi connectivity index (χ3n) is 3.84. The molecule has 0 N–H and O–H groups in total. The molecule has 0 fully saturated rings. The molecule has 0 heterocycles. The molecule has 0 spiro atoms. The number of hydrogen-bond acceptors (Lipinski definition) is 0. The second-order valence-electron chi connectivity index (χ2n) is 6.17. The van der Waals surface area contributed by atoms with Crippen molar-refractivity contribution in [1.82, 2.24) is 0 Å². The minimum atomic E-state index is -2.78. The first kappa shape index (κ1) is 11.6. The van der Waals surface area contributed by atoms with Gasteiger partial charge in [-0.05, 0) is 21.8 Å². The van der Waals surface area contributed by atoms with Crippen LogP contribution in [-0.2, 0) is 5.92 Å². The minimum Gasteiger partial charge on any atom is -0.201 e. The van der Waals surface area contributed by atoms with E-state index in [1.807, 2.05) is 45.0 Å². The molecule has 1 atom stereocenters. The minimum absolute atomic E-state index is 0.190. The van der Waals surface area contributed by atoms with E-state index in [9.17, 15) is 8.78 Å². The first-order valence-electron chi connectivity index (χ1n) is 6.23. The summed E-state index contributed by atoms with van der Waals surface area (Å²) in [5.41, 5.74) is 0.521. The van der Waals surface area contributed by atoms with Crippen LogP contribution in [0, 0.1) is 5.41 Å². The van der Waals surface area contributed by atoms with Gasteiger partial charge in [-0.2, -0.15) is 0 Å². The SMILES string of the molecule is CC(C)(C)C1c2cccc3cccc(c23)C1(F)F. The van der Waals surface area contributed by atoms with Gasteiger partial charge in [0.15, 0.2) is 0 Å². The van der Waals surface area contributed by atoms with Crippen LogP contribution >= 0.6 is 0 Å². The summed E-state index contributed by atoms with van der Waals surface area (Å²) in [6.07, 6.45) is 0. The molecule has 0 bridgehead atoms. The van der Waals surface area contributed by atoms with Crippen LogP contribution in [0.3, 0.4) is 0 Å². The van der Waals surface area contributed by atoms with E-state index in [0.717, 1.165) is 16.3 Å². The van der Waals surface area contributed by atoms with Crippen molar-refractivity contribution in [3.05, 3.63) is 47.5 Å². The van der Waals surface area contributed by atoms with Crippen LogP contribution in [0.5, 0.6) is 0 Å². The van der Waals surface area contributed by atoms with Crippen LogP contribution in [0.2, 0.25) is 0 Å². The van der Waals surface area contributed by atoms with Crippen molar-refractivity contribution >= 4 is 10.8 Å². The lowest BCUT2D eigenvalue weighted by Crippen LogP contribution is -2.29. The fraction of sp³-hybridized carbons (Fsp3) is 0.375. The Morgan fingerprint density at radius 1 is 1.00 bits per heavy atom. The fourth-order valence-electron chi connectivity index (χ4n) is 3.25. The molecule has 2 aromatic carbocycles. The Kier molecular flexibility index (Phi) is 2.14. The van der Waals surface area contributed by atoms with E-state index in [-0.39, 0.29) is 5.56 Å². The smallest absolute Gasteiger partial charge is 0.201 e. The van der Waals surface area contributed by atoms with Crippen LogP contribution in [0.1, 0.15) is 37.8 Å². The lowest BCUT2D eigenvalue weighted by Gasteiger charge is -2.33. The predicted octanol–water partition coefficient (Wildman–Crippen LogP) is 5.07. The molecule has 0 aliphatic heterocycles. The number of rotatable bonds is 0. The summed E-state index contributed by atoms with van der Waals surface area (Å²) in [6, 6.07) is 10.8. The van der Waals surface area contributed by atoms with E-state index < -0.39 is 17.3 Å². The molecule has 2 heteroatoms. The second-order valence-corrected chi connectivity index (χ2v) is 6.17. The Morgan fingerprint density at radius 2 is 1.61 bits per heavy atom. The van der Waals surface area contributed by atoms with Gasteiger partial charge < -0.3 is 0 Å². The molecule has 0 nitrogen and oxygen atoms in total. The van der Waals surface area contributed by atoms with Gasteiger partial charge in [0.1, 0.15) is 0 Å². The monoisotopic (exact) mass is 246 g/mol. The van der Waals surface area contributed by atoms with Crippen LogP contribution in [0.15, 0.2) is 36.4 Å². The Balaban J connectivity index is 2.41. The third kappa shape index (κ3) is 1.35. The van der Waals surface area contributed by atoms with Gasteiger partial charge in [0.25, 0.3) is 5.92 Å². The maximum atomic E-state index is 14.7. The summed E-state index contributed by atoms with van der Waals surface area (Å²) in [5.74, 6) is -3.52. The lowest BCUT2D eigenvalue weighted by molar-refractivity contribution is -0.0600. The molecule has 1 aliphatic rings. The molecule has 0 saturated carbocycles. The van der Waals surface area contributed by atoms with Gasteiger partial charge in [-0.3, -0.25) is 0 Å². The largest absolute Gasteiger partial charge is 0.281 e. The van der Waals surface area contributed by atoms with Crippen molar-refractivity contribution in [2.24, 2.45) is 5.41 Å². The Morgan fingerprint density at radius 3 is 2.22 bits per heavy atom. The zero-order valence-electron chi connectivity index (χ0n) is 10.8. The highest BCUT2D eigenvalue weighted by Gasteiger charge is 2.53. The highest BCUT2D eigenvalue weighted by Crippen LogP contribution is 2.59. The quantitative estimate of drug-likeness (QED) is 0.608. The molecule has 0 amide bonds. The molecule has 3 rings (SSSR count). The van der Waals surface area contributed by atoms with Crippen LogP contribution in [0.25, 0.3) is 10.8 Å². The molecular formula is C16H16F2. The van der Waals surface area contributed by atoms with Gasteiger partial charge in [-0.25, -0.2) is 8.78 Å². The van der Waals surface area contributed by atoms with Crippen LogP contribution < -0.4 is 0 Å². The third-order valence-corrected chi connectivity index (χ3v) is 3.84. The average molecular weight is 246 g/mol. The van der Waals surface area contributed by atoms with E-state index in [1.54, 1.807) is 12.1 Å². The number of halogens is 2. The normalized spacial score (nSPS) is 21.5. The molecule has 18 heavy (non-hydrogen) atoms. The van der Waals surface area contributed by atoms with E-state index in [0.29, 0.717) is 0 Å². The van der Waals surface area contributed by atoms with Crippen molar-refractivity contribution < 1.29 is 8.78 Å². The van der Waals surface area contributed by atoms with Crippen LogP contribution in [0.4, 0.5) is 8.78 Å². The summed E-state index contributed by atoms with van der Waals surface area (Å²) < 4.78 is 29.3. The van der Waals surface area contributed by atoms with Crippen molar-refractivity contribution in [3.63, 3.8) is 0 Å². The molecule has 0 aromatic heterocycles. The Hall–Kier alpha value is -1.44. The summed E-state index contributed by atoms with van der Waals surface area (Å²) in [7, 11) is 0. The first-order valence-corrected chi connectivity index (χ1v) is 6.23. The van der Waals surface area contributed by atoms with Gasteiger partial charge in [0.2, 0.25) is 0 Å². The van der Waals surface area contributed by atoms with Crippen molar-refractivity contribution in [3.8, 4) is 0 Å². The van der Waals surface area contributed by atoms with Crippen molar-refractivity contribution in [1.29, 1.82) is 0 Å². The zero-order chi connectivity index (χ0) is 13.1. The average Bonchev–Trinajstić information content (AvgIpc) is 2.49. The maximum Gasteiger partial charge on any atom is 0.281 e. The van der Waals surface area contributed by atoms with Gasteiger partial charge >= 0.3 is 0 Å². The van der Waals surface area contributed by atoms with E-state index in [2.05, 4.69) is 0 Å². The van der Waals surface area contributed by atoms with Gasteiger partial charge in [0.05, 0.1) is 5.92 Å². The van der Waals surface area contributed by atoms with Crippen LogP contribution in [-0.4, -0.2) is 0 Å². The van der Waals surface area contributed by atoms with E-state index >= 15 is 0 Å². The molecule has 94 valence electrons. The maximum absolute atomic E-state index is 14.7. The number of benzene rings is 2. The Labute approximate surface area is 106 Å². The summed E-state index contributed by atoms with van der Waals surface area (Å²) in [5, 5.41) is 1.67. The van der Waals surface area contributed by atoms with Gasteiger partial charge in [-0.1, -0.05) is 57.2 Å².